The van der Waals surface area contributed by atoms with E-state index in [0.29, 0.717) is 12.2 Å². The van der Waals surface area contributed by atoms with Crippen LogP contribution in [-0.4, -0.2) is 23.9 Å². The molecule has 0 bridgehead atoms. The Morgan fingerprint density at radius 2 is 1.83 bits per heavy atom. The van der Waals surface area contributed by atoms with Crippen molar-refractivity contribution in [3.8, 4) is 5.75 Å². The Morgan fingerprint density at radius 1 is 1.13 bits per heavy atom. The van der Waals surface area contributed by atoms with Gasteiger partial charge in [-0.05, 0) is 49.1 Å². The average molecular weight is 330 g/mol. The van der Waals surface area contributed by atoms with Gasteiger partial charge in [-0.1, -0.05) is 30.3 Å². The summed E-state index contributed by atoms with van der Waals surface area (Å²) in [5.74, 6) is 0.382. The summed E-state index contributed by atoms with van der Waals surface area (Å²) in [4.78, 5) is 12.5. The SMILES string of the molecule is COc1ccc(SCC(CCCc2ccccc2)C(=O)O)cc1. The molecule has 2 aromatic carbocycles. The lowest BCUT2D eigenvalue weighted by molar-refractivity contribution is -0.141. The zero-order chi connectivity index (χ0) is 16.5. The van der Waals surface area contributed by atoms with Gasteiger partial charge in [0.25, 0.3) is 0 Å². The molecular weight excluding hydrogens is 308 g/mol. The molecule has 0 saturated heterocycles. The van der Waals surface area contributed by atoms with Crippen LogP contribution in [0, 0.1) is 5.92 Å². The molecule has 1 atom stereocenters. The minimum absolute atomic E-state index is 0.314. The van der Waals surface area contributed by atoms with Gasteiger partial charge in [-0.15, -0.1) is 11.8 Å². The Balaban J connectivity index is 1.80. The molecule has 2 aromatic rings. The summed E-state index contributed by atoms with van der Waals surface area (Å²) in [6, 6.07) is 17.9. The highest BCUT2D eigenvalue weighted by Gasteiger charge is 2.17. The number of carboxylic acid groups (broad SMARTS) is 1. The number of benzene rings is 2. The highest BCUT2D eigenvalue weighted by Crippen LogP contribution is 2.25. The van der Waals surface area contributed by atoms with Crippen molar-refractivity contribution in [2.75, 3.05) is 12.9 Å². The Kier molecular flexibility index (Phi) is 7.01. The molecule has 1 N–H and O–H groups in total. The molecule has 0 spiro atoms. The summed E-state index contributed by atoms with van der Waals surface area (Å²) >= 11 is 1.59. The van der Waals surface area contributed by atoms with E-state index in [-0.39, 0.29) is 5.92 Å². The molecule has 1 unspecified atom stereocenters. The van der Waals surface area contributed by atoms with Gasteiger partial charge in [0.2, 0.25) is 0 Å². The van der Waals surface area contributed by atoms with Gasteiger partial charge in [0.1, 0.15) is 5.75 Å². The first-order valence-electron chi connectivity index (χ1n) is 7.72. The molecule has 4 heteroatoms. The van der Waals surface area contributed by atoms with E-state index in [2.05, 4.69) is 12.1 Å². The third kappa shape index (κ3) is 5.99. The molecule has 0 heterocycles. The lowest BCUT2D eigenvalue weighted by atomic mass is 10.0. The molecule has 122 valence electrons. The summed E-state index contributed by atoms with van der Waals surface area (Å²) in [6.45, 7) is 0. The summed E-state index contributed by atoms with van der Waals surface area (Å²) in [5, 5.41) is 9.40. The standard InChI is InChI=1S/C19H22O3S/c1-22-17-10-12-18(13-11-17)23-14-16(19(20)21)9-5-8-15-6-3-2-4-7-15/h2-4,6-7,10-13,16H,5,8-9,14H2,1H3,(H,20,21). The van der Waals surface area contributed by atoms with Crippen LogP contribution in [0.1, 0.15) is 18.4 Å². The Hall–Kier alpha value is -1.94. The fourth-order valence-corrected chi connectivity index (χ4v) is 3.38. The monoisotopic (exact) mass is 330 g/mol. The number of hydrogen-bond donors (Lipinski definition) is 1. The first-order chi connectivity index (χ1) is 11.2. The maximum absolute atomic E-state index is 11.4. The normalized spacial score (nSPS) is 11.9. The largest absolute Gasteiger partial charge is 0.497 e. The third-order valence-corrected chi connectivity index (χ3v) is 4.90. The van der Waals surface area contributed by atoms with Crippen LogP contribution in [0.25, 0.3) is 0 Å². The Bertz CT molecular complexity index is 596. The van der Waals surface area contributed by atoms with Gasteiger partial charge in [0.05, 0.1) is 13.0 Å². The second-order valence-electron chi connectivity index (χ2n) is 5.40. The van der Waals surface area contributed by atoms with Crippen molar-refractivity contribution in [2.45, 2.75) is 24.2 Å². The Morgan fingerprint density at radius 3 is 2.43 bits per heavy atom. The summed E-state index contributed by atoms with van der Waals surface area (Å²) in [5.41, 5.74) is 1.26. The smallest absolute Gasteiger partial charge is 0.307 e. The van der Waals surface area contributed by atoms with Crippen molar-refractivity contribution in [3.63, 3.8) is 0 Å². The van der Waals surface area contributed by atoms with E-state index >= 15 is 0 Å². The predicted molar refractivity (Wildman–Crippen MR) is 94.2 cm³/mol. The van der Waals surface area contributed by atoms with Crippen molar-refractivity contribution >= 4 is 17.7 Å². The van der Waals surface area contributed by atoms with Gasteiger partial charge < -0.3 is 9.84 Å². The molecule has 0 aliphatic heterocycles. The molecule has 23 heavy (non-hydrogen) atoms. The average Bonchev–Trinajstić information content (AvgIpc) is 2.59. The van der Waals surface area contributed by atoms with Gasteiger partial charge >= 0.3 is 5.97 Å². The summed E-state index contributed by atoms with van der Waals surface area (Å²) in [6.07, 6.45) is 2.52. The number of rotatable bonds is 9. The molecule has 0 fully saturated rings. The van der Waals surface area contributed by atoms with Gasteiger partial charge in [-0.3, -0.25) is 4.79 Å². The van der Waals surface area contributed by atoms with Crippen molar-refractivity contribution in [1.82, 2.24) is 0 Å². The van der Waals surface area contributed by atoms with Crippen molar-refractivity contribution < 1.29 is 14.6 Å². The molecule has 2 rings (SSSR count). The number of carboxylic acids is 1. The lowest BCUT2D eigenvalue weighted by Gasteiger charge is -2.12. The third-order valence-electron chi connectivity index (χ3n) is 3.72. The summed E-state index contributed by atoms with van der Waals surface area (Å²) in [7, 11) is 1.63. The first kappa shape index (κ1) is 17.4. The summed E-state index contributed by atoms with van der Waals surface area (Å²) < 4.78 is 5.12. The second kappa shape index (κ2) is 9.26. The number of methoxy groups -OCH3 is 1. The molecule has 0 amide bonds. The van der Waals surface area contributed by atoms with E-state index in [0.717, 1.165) is 23.5 Å². The fraction of sp³-hybridized carbons (Fsp3) is 0.316. The quantitative estimate of drug-likeness (QED) is 0.687. The lowest BCUT2D eigenvalue weighted by Crippen LogP contribution is -2.16. The zero-order valence-electron chi connectivity index (χ0n) is 13.3. The van der Waals surface area contributed by atoms with E-state index in [9.17, 15) is 9.90 Å². The van der Waals surface area contributed by atoms with Crippen molar-refractivity contribution in [1.29, 1.82) is 0 Å². The van der Waals surface area contributed by atoms with Gasteiger partial charge in [0, 0.05) is 10.6 Å². The second-order valence-corrected chi connectivity index (χ2v) is 6.49. The fourth-order valence-electron chi connectivity index (χ4n) is 2.34. The number of hydrogen-bond acceptors (Lipinski definition) is 3. The number of aliphatic carboxylic acids is 1. The topological polar surface area (TPSA) is 46.5 Å². The zero-order valence-corrected chi connectivity index (χ0v) is 14.1. The predicted octanol–water partition coefficient (Wildman–Crippen LogP) is 4.51. The number of ether oxygens (including phenoxy) is 1. The molecule has 0 aromatic heterocycles. The van der Waals surface area contributed by atoms with Crippen molar-refractivity contribution in [2.24, 2.45) is 5.92 Å². The van der Waals surface area contributed by atoms with Crippen LogP contribution in [0.4, 0.5) is 0 Å². The first-order valence-corrected chi connectivity index (χ1v) is 8.71. The van der Waals surface area contributed by atoms with Crippen LogP contribution in [0.15, 0.2) is 59.5 Å². The van der Waals surface area contributed by atoms with Gasteiger partial charge in [-0.25, -0.2) is 0 Å². The van der Waals surface area contributed by atoms with Crippen molar-refractivity contribution in [3.05, 3.63) is 60.2 Å². The molecule has 0 radical (unpaired) electrons. The number of thioether (sulfide) groups is 1. The maximum Gasteiger partial charge on any atom is 0.307 e. The molecular formula is C19H22O3S. The highest BCUT2D eigenvalue weighted by atomic mass is 32.2. The number of aryl methyl sites for hydroxylation is 1. The molecule has 0 aliphatic carbocycles. The van der Waals surface area contributed by atoms with Gasteiger partial charge in [0.15, 0.2) is 0 Å². The van der Waals surface area contributed by atoms with E-state index in [1.165, 1.54) is 5.56 Å². The van der Waals surface area contributed by atoms with Crippen LogP contribution in [-0.2, 0) is 11.2 Å². The maximum atomic E-state index is 11.4. The van der Waals surface area contributed by atoms with E-state index in [4.69, 9.17) is 4.74 Å². The number of carbonyl (C=O) groups is 1. The Labute approximate surface area is 141 Å². The van der Waals surface area contributed by atoms with E-state index < -0.39 is 5.97 Å². The van der Waals surface area contributed by atoms with E-state index in [1.807, 2.05) is 42.5 Å². The minimum Gasteiger partial charge on any atom is -0.497 e. The molecule has 3 nitrogen and oxygen atoms in total. The van der Waals surface area contributed by atoms with Crippen LogP contribution in [0.3, 0.4) is 0 Å². The van der Waals surface area contributed by atoms with Crippen LogP contribution in [0.5, 0.6) is 5.75 Å². The molecule has 0 aliphatic rings. The van der Waals surface area contributed by atoms with Crippen LogP contribution in [0.2, 0.25) is 0 Å². The highest BCUT2D eigenvalue weighted by molar-refractivity contribution is 7.99. The van der Waals surface area contributed by atoms with Crippen LogP contribution >= 0.6 is 11.8 Å². The molecule has 0 saturated carbocycles. The van der Waals surface area contributed by atoms with Gasteiger partial charge in [-0.2, -0.15) is 0 Å². The minimum atomic E-state index is -0.709. The van der Waals surface area contributed by atoms with E-state index in [1.54, 1.807) is 18.9 Å². The van der Waals surface area contributed by atoms with Crippen LogP contribution < -0.4 is 4.74 Å².